The summed E-state index contributed by atoms with van der Waals surface area (Å²) in [6.45, 7) is 0.300. The lowest BCUT2D eigenvalue weighted by atomic mass is 10.8. The molecule has 0 rings (SSSR count). The summed E-state index contributed by atoms with van der Waals surface area (Å²) in [5.41, 5.74) is 5.43. The molecule has 0 saturated heterocycles. The van der Waals surface area contributed by atoms with Crippen LogP contribution < -0.4 is 5.73 Å². The van der Waals surface area contributed by atoms with Gasteiger partial charge in [-0.3, -0.25) is 4.57 Å². The van der Waals surface area contributed by atoms with Crippen LogP contribution in [0.25, 0.3) is 0 Å². The largest absolute Gasteiger partial charge is 0.344 e. The van der Waals surface area contributed by atoms with Crippen LogP contribution in [0, 0.1) is 0 Å². The van der Waals surface area contributed by atoms with Gasteiger partial charge in [0.15, 0.2) is 0 Å². The Morgan fingerprint density at radius 2 is 2.33 bits per heavy atom. The normalized spacial score (nSPS) is 17.2. The second-order valence-electron chi connectivity index (χ2n) is 1.78. The zero-order valence-corrected chi connectivity index (χ0v) is 7.12. The molecule has 0 saturated carbocycles. The summed E-state index contributed by atoms with van der Waals surface area (Å²) in [6.07, 6.45) is 2.05. The van der Waals surface area contributed by atoms with Gasteiger partial charge in [-0.2, -0.15) is 11.8 Å². The Bertz CT molecular complexity index is 109. The van der Waals surface area contributed by atoms with E-state index in [0.717, 1.165) is 0 Å². The number of hydrogen-bond acceptors (Lipinski definition) is 3. The smallest absolute Gasteiger partial charge is 0.211 e. The molecule has 9 heavy (non-hydrogen) atoms. The highest BCUT2D eigenvalue weighted by Crippen LogP contribution is 2.42. The molecule has 0 amide bonds. The lowest BCUT2D eigenvalue weighted by Crippen LogP contribution is -2.06. The average molecular weight is 169 g/mol. The van der Waals surface area contributed by atoms with Crippen molar-refractivity contribution in [3.63, 3.8) is 0 Å². The van der Waals surface area contributed by atoms with Gasteiger partial charge in [0.1, 0.15) is 0 Å². The van der Waals surface area contributed by atoms with E-state index in [1.165, 1.54) is 11.8 Å². The van der Waals surface area contributed by atoms with Crippen molar-refractivity contribution in [3.8, 4) is 0 Å². The molecule has 0 heterocycles. The van der Waals surface area contributed by atoms with Crippen LogP contribution in [0.2, 0.25) is 0 Å². The van der Waals surface area contributed by atoms with Gasteiger partial charge in [-0.25, -0.2) is 0 Å². The fraction of sp³-hybridized carbons (Fsp3) is 1.00. The molecule has 0 bridgehead atoms. The van der Waals surface area contributed by atoms with Gasteiger partial charge < -0.3 is 10.6 Å². The Hall–Kier alpha value is 0.500. The number of thioether (sulfide) groups is 1. The topological polar surface area (TPSA) is 63.3 Å². The third kappa shape index (κ3) is 4.97. The van der Waals surface area contributed by atoms with Gasteiger partial charge in [0.25, 0.3) is 0 Å². The fourth-order valence-corrected chi connectivity index (χ4v) is 3.00. The zero-order valence-electron chi connectivity index (χ0n) is 5.41. The van der Waals surface area contributed by atoms with E-state index >= 15 is 0 Å². The van der Waals surface area contributed by atoms with Gasteiger partial charge >= 0.3 is 0 Å². The predicted octanol–water partition coefficient (Wildman–Crippen LogP) is 0.536. The van der Waals surface area contributed by atoms with Crippen LogP contribution >= 0.6 is 19.1 Å². The first-order valence-electron chi connectivity index (χ1n) is 2.62. The molecule has 3 N–H and O–H groups in total. The maximum absolute atomic E-state index is 10.9. The Morgan fingerprint density at radius 1 is 1.78 bits per heavy atom. The maximum atomic E-state index is 10.9. The first-order valence-corrected chi connectivity index (χ1v) is 6.04. The Labute approximate surface area is 59.5 Å². The van der Waals surface area contributed by atoms with Crippen LogP contribution in [0.15, 0.2) is 0 Å². The molecule has 56 valence electrons. The zero-order chi connectivity index (χ0) is 7.33. The fourth-order valence-electron chi connectivity index (χ4n) is 0.468. The van der Waals surface area contributed by atoms with Crippen LogP contribution in [0.4, 0.5) is 0 Å². The van der Waals surface area contributed by atoms with E-state index < -0.39 is 7.37 Å². The lowest BCUT2D eigenvalue weighted by Gasteiger charge is -2.06. The third-order valence-electron chi connectivity index (χ3n) is 0.809. The summed E-state index contributed by atoms with van der Waals surface area (Å²) in [4.78, 5) is 8.97. The van der Waals surface area contributed by atoms with Crippen LogP contribution in [-0.4, -0.2) is 29.3 Å². The summed E-state index contributed by atoms with van der Waals surface area (Å²) < 4.78 is 10.9. The van der Waals surface area contributed by atoms with E-state index in [0.29, 0.717) is 12.0 Å². The SMILES string of the molecule is CSCP(=O)(O)CCN. The summed E-state index contributed by atoms with van der Waals surface area (Å²) in [5.74, 6) is 0. The molecular formula is C4H12NO2PS. The van der Waals surface area contributed by atoms with Crippen molar-refractivity contribution in [3.05, 3.63) is 0 Å². The molecule has 1 unspecified atom stereocenters. The van der Waals surface area contributed by atoms with Crippen LogP contribution in [0.3, 0.4) is 0 Å². The molecule has 5 heteroatoms. The van der Waals surface area contributed by atoms with Crippen LogP contribution in [-0.2, 0) is 4.57 Å². The summed E-state index contributed by atoms with van der Waals surface area (Å²) in [6, 6.07) is 0. The minimum Gasteiger partial charge on any atom is -0.344 e. The van der Waals surface area contributed by atoms with Crippen molar-refractivity contribution < 1.29 is 9.46 Å². The number of hydrogen-bond donors (Lipinski definition) is 2. The highest BCUT2D eigenvalue weighted by atomic mass is 32.2. The van der Waals surface area contributed by atoms with Crippen LogP contribution in [0.5, 0.6) is 0 Å². The third-order valence-corrected chi connectivity index (χ3v) is 4.41. The quantitative estimate of drug-likeness (QED) is 0.603. The molecule has 0 aliphatic rings. The molecule has 0 aliphatic carbocycles. The molecular weight excluding hydrogens is 157 g/mol. The van der Waals surface area contributed by atoms with E-state index in [4.69, 9.17) is 10.6 Å². The molecule has 0 aromatic rings. The first-order chi connectivity index (χ1) is 4.12. The van der Waals surface area contributed by atoms with Crippen molar-refractivity contribution in [2.75, 3.05) is 24.5 Å². The molecule has 0 aromatic heterocycles. The molecule has 0 radical (unpaired) electrons. The summed E-state index contributed by atoms with van der Waals surface area (Å²) >= 11 is 1.38. The van der Waals surface area contributed by atoms with Crippen LogP contribution in [0.1, 0.15) is 0 Å². The minimum absolute atomic E-state index is 0.244. The van der Waals surface area contributed by atoms with Crippen molar-refractivity contribution in [1.29, 1.82) is 0 Å². The maximum Gasteiger partial charge on any atom is 0.211 e. The van der Waals surface area contributed by atoms with Gasteiger partial charge in [-0.15, -0.1) is 0 Å². The Balaban J connectivity index is 3.58. The number of rotatable bonds is 4. The van der Waals surface area contributed by atoms with Gasteiger partial charge in [0.2, 0.25) is 7.37 Å². The predicted molar refractivity (Wildman–Crippen MR) is 42.1 cm³/mol. The lowest BCUT2D eigenvalue weighted by molar-refractivity contribution is 0.484. The number of nitrogens with two attached hydrogens (primary N) is 1. The van der Waals surface area contributed by atoms with Crippen molar-refractivity contribution in [2.45, 2.75) is 0 Å². The van der Waals surface area contributed by atoms with Crippen molar-refractivity contribution in [2.24, 2.45) is 5.73 Å². The summed E-state index contributed by atoms with van der Waals surface area (Å²) in [5, 5.41) is 0. The van der Waals surface area contributed by atoms with Gasteiger partial charge in [0.05, 0.1) is 5.49 Å². The van der Waals surface area contributed by atoms with E-state index in [1.807, 2.05) is 0 Å². The molecule has 1 atom stereocenters. The molecule has 0 fully saturated rings. The molecule has 3 nitrogen and oxygen atoms in total. The molecule has 0 aliphatic heterocycles. The average Bonchev–Trinajstić information content (AvgIpc) is 1.64. The molecule has 0 spiro atoms. The Kier molecular flexibility index (Phi) is 4.58. The minimum atomic E-state index is -2.85. The second kappa shape index (κ2) is 4.34. The van der Waals surface area contributed by atoms with E-state index in [1.54, 1.807) is 6.26 Å². The van der Waals surface area contributed by atoms with Crippen molar-refractivity contribution in [1.82, 2.24) is 0 Å². The first kappa shape index (κ1) is 9.50. The standard InChI is InChI=1S/C4H12NO2PS/c1-9-4-8(6,7)3-2-5/h2-5H2,1H3,(H,6,7). The van der Waals surface area contributed by atoms with Gasteiger partial charge in [-0.1, -0.05) is 0 Å². The van der Waals surface area contributed by atoms with E-state index in [2.05, 4.69) is 0 Å². The van der Waals surface area contributed by atoms with E-state index in [-0.39, 0.29) is 6.16 Å². The van der Waals surface area contributed by atoms with Gasteiger partial charge in [-0.05, 0) is 6.26 Å². The summed E-state index contributed by atoms with van der Waals surface area (Å²) in [7, 11) is -2.85. The van der Waals surface area contributed by atoms with Crippen molar-refractivity contribution >= 4 is 19.1 Å². The van der Waals surface area contributed by atoms with Gasteiger partial charge in [0, 0.05) is 12.7 Å². The molecule has 0 aromatic carbocycles. The Morgan fingerprint density at radius 3 is 2.67 bits per heavy atom. The second-order valence-corrected chi connectivity index (χ2v) is 5.53. The van der Waals surface area contributed by atoms with E-state index in [9.17, 15) is 4.57 Å². The highest BCUT2D eigenvalue weighted by Gasteiger charge is 2.14. The highest BCUT2D eigenvalue weighted by molar-refractivity contribution is 8.04. The monoisotopic (exact) mass is 169 g/mol.